The summed E-state index contributed by atoms with van der Waals surface area (Å²) in [4.78, 5) is 24.7. The summed E-state index contributed by atoms with van der Waals surface area (Å²) >= 11 is 1.56. The van der Waals surface area contributed by atoms with E-state index in [0.717, 1.165) is 9.75 Å². The maximum atomic E-state index is 12.0. The third-order valence-electron chi connectivity index (χ3n) is 2.33. The smallest absolute Gasteiger partial charge is 0.305 e. The van der Waals surface area contributed by atoms with E-state index >= 15 is 0 Å². The lowest BCUT2D eigenvalue weighted by Crippen LogP contribution is -2.45. The van der Waals surface area contributed by atoms with Crippen molar-refractivity contribution >= 4 is 23.2 Å². The Morgan fingerprint density at radius 2 is 2.00 bits per heavy atom. The van der Waals surface area contributed by atoms with E-state index in [9.17, 15) is 9.59 Å². The molecule has 1 aromatic rings. The van der Waals surface area contributed by atoms with Gasteiger partial charge in [0.25, 0.3) is 5.91 Å². The molecule has 0 saturated carbocycles. The molecule has 5 heteroatoms. The SMILES string of the molecule is Cc1cc(C(=O)NC(C)(C)CC(=O)O)c(C)s1. The third kappa shape index (κ3) is 3.85. The van der Waals surface area contributed by atoms with Crippen LogP contribution in [0.1, 0.15) is 40.4 Å². The highest BCUT2D eigenvalue weighted by atomic mass is 32.1. The Kier molecular flexibility index (Phi) is 3.93. The van der Waals surface area contributed by atoms with Gasteiger partial charge in [-0.15, -0.1) is 11.3 Å². The highest BCUT2D eigenvalue weighted by Gasteiger charge is 2.25. The van der Waals surface area contributed by atoms with Crippen molar-refractivity contribution in [2.75, 3.05) is 0 Å². The van der Waals surface area contributed by atoms with Crippen LogP contribution in [-0.2, 0) is 4.79 Å². The van der Waals surface area contributed by atoms with Crippen molar-refractivity contribution in [3.63, 3.8) is 0 Å². The molecule has 0 aliphatic heterocycles. The van der Waals surface area contributed by atoms with Crippen molar-refractivity contribution in [2.45, 2.75) is 39.7 Å². The molecule has 1 heterocycles. The van der Waals surface area contributed by atoms with Crippen molar-refractivity contribution in [1.29, 1.82) is 0 Å². The number of thiophene rings is 1. The summed E-state index contributed by atoms with van der Waals surface area (Å²) in [5.74, 6) is -1.13. The van der Waals surface area contributed by atoms with Crippen LogP contribution < -0.4 is 5.32 Å². The number of hydrogen-bond donors (Lipinski definition) is 2. The molecule has 0 aliphatic carbocycles. The summed E-state index contributed by atoms with van der Waals surface area (Å²) in [6.07, 6.45) is -0.0963. The van der Waals surface area contributed by atoms with E-state index in [2.05, 4.69) is 5.32 Å². The van der Waals surface area contributed by atoms with Crippen LogP contribution in [-0.4, -0.2) is 22.5 Å². The molecule has 1 aromatic heterocycles. The number of aryl methyl sites for hydroxylation is 2. The third-order valence-corrected chi connectivity index (χ3v) is 3.30. The molecule has 0 bridgehead atoms. The van der Waals surface area contributed by atoms with Crippen LogP contribution in [0.2, 0.25) is 0 Å². The molecule has 0 radical (unpaired) electrons. The molecular weight excluding hydrogens is 238 g/mol. The Balaban J connectivity index is 2.79. The number of rotatable bonds is 4. The molecular formula is C12H17NO3S. The summed E-state index contributed by atoms with van der Waals surface area (Å²) < 4.78 is 0. The summed E-state index contributed by atoms with van der Waals surface area (Å²) in [6.45, 7) is 7.23. The van der Waals surface area contributed by atoms with Gasteiger partial charge in [0.1, 0.15) is 0 Å². The van der Waals surface area contributed by atoms with E-state index in [0.29, 0.717) is 5.56 Å². The van der Waals surface area contributed by atoms with E-state index in [-0.39, 0.29) is 12.3 Å². The second-order valence-electron chi connectivity index (χ2n) is 4.74. The zero-order chi connectivity index (χ0) is 13.2. The van der Waals surface area contributed by atoms with Crippen LogP contribution in [0.25, 0.3) is 0 Å². The number of carbonyl (C=O) groups excluding carboxylic acids is 1. The predicted molar refractivity (Wildman–Crippen MR) is 67.6 cm³/mol. The molecule has 0 unspecified atom stereocenters. The molecule has 1 amide bonds. The van der Waals surface area contributed by atoms with Crippen LogP contribution in [0.15, 0.2) is 6.07 Å². The Morgan fingerprint density at radius 1 is 1.41 bits per heavy atom. The van der Waals surface area contributed by atoms with Crippen molar-refractivity contribution < 1.29 is 14.7 Å². The van der Waals surface area contributed by atoms with E-state index in [1.165, 1.54) is 0 Å². The zero-order valence-electron chi connectivity index (χ0n) is 10.5. The largest absolute Gasteiger partial charge is 0.481 e. The lowest BCUT2D eigenvalue weighted by Gasteiger charge is -2.24. The fourth-order valence-electron chi connectivity index (χ4n) is 1.65. The van der Waals surface area contributed by atoms with E-state index in [4.69, 9.17) is 5.11 Å². The van der Waals surface area contributed by atoms with Gasteiger partial charge in [0.15, 0.2) is 0 Å². The number of carboxylic acid groups (broad SMARTS) is 1. The molecule has 0 aliphatic rings. The highest BCUT2D eigenvalue weighted by molar-refractivity contribution is 7.12. The van der Waals surface area contributed by atoms with Crippen LogP contribution >= 0.6 is 11.3 Å². The number of hydrogen-bond acceptors (Lipinski definition) is 3. The first kappa shape index (κ1) is 13.7. The van der Waals surface area contributed by atoms with Gasteiger partial charge in [-0.2, -0.15) is 0 Å². The Morgan fingerprint density at radius 3 is 2.41 bits per heavy atom. The first-order valence-corrected chi connectivity index (χ1v) is 6.14. The minimum absolute atomic E-state index is 0.0963. The molecule has 2 N–H and O–H groups in total. The lowest BCUT2D eigenvalue weighted by molar-refractivity contribution is -0.138. The molecule has 94 valence electrons. The lowest BCUT2D eigenvalue weighted by atomic mass is 10.00. The Hall–Kier alpha value is -1.36. The quantitative estimate of drug-likeness (QED) is 0.868. The Labute approximate surface area is 105 Å². The summed E-state index contributed by atoms with van der Waals surface area (Å²) in [5, 5.41) is 11.5. The first-order valence-electron chi connectivity index (χ1n) is 5.32. The van der Waals surface area contributed by atoms with Gasteiger partial charge in [-0.3, -0.25) is 9.59 Å². The first-order chi connectivity index (χ1) is 7.71. The minimum Gasteiger partial charge on any atom is -0.481 e. The second kappa shape index (κ2) is 4.87. The molecule has 0 spiro atoms. The van der Waals surface area contributed by atoms with Gasteiger partial charge >= 0.3 is 5.97 Å². The van der Waals surface area contributed by atoms with Crippen LogP contribution in [0, 0.1) is 13.8 Å². The van der Waals surface area contributed by atoms with Gasteiger partial charge < -0.3 is 10.4 Å². The molecule has 0 fully saturated rings. The summed E-state index contributed by atoms with van der Waals surface area (Å²) in [7, 11) is 0. The number of amides is 1. The topological polar surface area (TPSA) is 66.4 Å². The molecule has 0 aromatic carbocycles. The average molecular weight is 255 g/mol. The van der Waals surface area contributed by atoms with Crippen molar-refractivity contribution in [2.24, 2.45) is 0 Å². The normalized spacial score (nSPS) is 11.3. The van der Waals surface area contributed by atoms with E-state index in [1.807, 2.05) is 19.9 Å². The van der Waals surface area contributed by atoms with E-state index < -0.39 is 11.5 Å². The van der Waals surface area contributed by atoms with Gasteiger partial charge in [0.05, 0.1) is 12.0 Å². The Bertz CT molecular complexity index is 449. The second-order valence-corrected chi connectivity index (χ2v) is 6.20. The van der Waals surface area contributed by atoms with Crippen molar-refractivity contribution in [3.8, 4) is 0 Å². The number of aliphatic carboxylic acids is 1. The number of carbonyl (C=O) groups is 2. The number of nitrogens with one attached hydrogen (secondary N) is 1. The van der Waals surface area contributed by atoms with Gasteiger partial charge in [-0.1, -0.05) is 0 Å². The van der Waals surface area contributed by atoms with Crippen LogP contribution in [0.3, 0.4) is 0 Å². The zero-order valence-corrected chi connectivity index (χ0v) is 11.3. The van der Waals surface area contributed by atoms with Gasteiger partial charge in [-0.05, 0) is 33.8 Å². The number of carboxylic acids is 1. The molecule has 1 rings (SSSR count). The van der Waals surface area contributed by atoms with Crippen molar-refractivity contribution in [1.82, 2.24) is 5.32 Å². The summed E-state index contributed by atoms with van der Waals surface area (Å²) in [5.41, 5.74) is -0.114. The fourth-order valence-corrected chi connectivity index (χ4v) is 2.57. The molecule has 0 saturated heterocycles. The molecule has 0 atom stereocenters. The fraction of sp³-hybridized carbons (Fsp3) is 0.500. The predicted octanol–water partition coefficient (Wildman–Crippen LogP) is 2.35. The minimum atomic E-state index is -0.923. The van der Waals surface area contributed by atoms with Gasteiger partial charge in [0.2, 0.25) is 0 Å². The molecule has 4 nitrogen and oxygen atoms in total. The summed E-state index contributed by atoms with van der Waals surface area (Å²) in [6, 6.07) is 1.83. The maximum absolute atomic E-state index is 12.0. The van der Waals surface area contributed by atoms with Crippen molar-refractivity contribution in [3.05, 3.63) is 21.4 Å². The standard InChI is InChI=1S/C12H17NO3S/c1-7-5-9(8(2)17-7)11(16)13-12(3,4)6-10(14)15/h5H,6H2,1-4H3,(H,13,16)(H,14,15). The average Bonchev–Trinajstić information content (AvgIpc) is 2.41. The van der Waals surface area contributed by atoms with E-state index in [1.54, 1.807) is 25.2 Å². The molecule has 17 heavy (non-hydrogen) atoms. The van der Waals surface area contributed by atoms with Gasteiger partial charge in [0, 0.05) is 15.3 Å². The maximum Gasteiger partial charge on any atom is 0.305 e. The van der Waals surface area contributed by atoms with Crippen LogP contribution in [0.4, 0.5) is 0 Å². The highest BCUT2D eigenvalue weighted by Crippen LogP contribution is 2.21. The van der Waals surface area contributed by atoms with Gasteiger partial charge in [-0.25, -0.2) is 0 Å². The van der Waals surface area contributed by atoms with Crippen LogP contribution in [0.5, 0.6) is 0 Å². The monoisotopic (exact) mass is 255 g/mol.